The number of halogens is 2. The zero-order valence-corrected chi connectivity index (χ0v) is 26.2. The molecule has 0 amide bonds. The van der Waals surface area contributed by atoms with Gasteiger partial charge in [0, 0.05) is 41.9 Å². The van der Waals surface area contributed by atoms with Gasteiger partial charge in [-0.3, -0.25) is 19.7 Å². The van der Waals surface area contributed by atoms with Crippen LogP contribution in [0.5, 0.6) is 11.8 Å². The number of hydrogen-bond donors (Lipinski definition) is 1. The highest BCUT2D eigenvalue weighted by atomic mass is 35.5. The van der Waals surface area contributed by atoms with Gasteiger partial charge in [-0.2, -0.15) is 0 Å². The monoisotopic (exact) mass is 634 g/mol. The molecule has 2 fully saturated rings. The molecular weight excluding hydrogens is 603 g/mol. The number of carbonyl (C=O) groups excluding carboxylic acids is 1. The third-order valence-corrected chi connectivity index (χ3v) is 9.06. The lowest BCUT2D eigenvalue weighted by Gasteiger charge is -2.20. The summed E-state index contributed by atoms with van der Waals surface area (Å²) in [6.07, 6.45) is 4.93. The Morgan fingerprint density at radius 1 is 0.886 bits per heavy atom. The maximum Gasteiger partial charge on any atom is 0.313 e. The number of esters is 1. The molecule has 1 spiro atoms. The van der Waals surface area contributed by atoms with Gasteiger partial charge in [0.2, 0.25) is 11.8 Å². The van der Waals surface area contributed by atoms with Gasteiger partial charge >= 0.3 is 5.97 Å². The Hall–Kier alpha value is -3.83. The molecule has 44 heavy (non-hydrogen) atoms. The number of hydrogen-bond acceptors (Lipinski definition) is 10. The molecule has 6 rings (SSSR count). The number of ether oxygens (including phenoxy) is 3. The molecule has 10 nitrogen and oxygen atoms in total. The molecule has 2 saturated heterocycles. The van der Waals surface area contributed by atoms with Crippen LogP contribution in [0.1, 0.15) is 24.2 Å². The number of nitrogens with zero attached hydrogens (tertiary/aromatic N) is 5. The molecule has 0 saturated carbocycles. The summed E-state index contributed by atoms with van der Waals surface area (Å²) in [6, 6.07) is 11.4. The first-order chi connectivity index (χ1) is 21.4. The van der Waals surface area contributed by atoms with Crippen LogP contribution in [0.4, 0.5) is 0 Å². The zero-order chi connectivity index (χ0) is 30.8. The van der Waals surface area contributed by atoms with Crippen molar-refractivity contribution >= 4 is 29.2 Å². The van der Waals surface area contributed by atoms with Crippen molar-refractivity contribution in [3.63, 3.8) is 0 Å². The van der Waals surface area contributed by atoms with Gasteiger partial charge < -0.3 is 19.5 Å². The number of nitrogens with one attached hydrogen (secondary N) is 1. The Morgan fingerprint density at radius 3 is 2.00 bits per heavy atom. The standard InChI is InChI=1S/C32H32Cl2N6O4/c1-35-14-25-29(42-2)38-23(15-36-25)21-8-4-6-19(27(21)33)20-7-5-9-22(28(20)34)24-16-37-26(30(39-24)43-3)17-40-12-10-32(18-40)11-13-44-31(32)41/h4-9,15-16,35H,10-14,17-18H2,1-3H3. The van der Waals surface area contributed by atoms with Crippen molar-refractivity contribution in [3.05, 3.63) is 70.2 Å². The van der Waals surface area contributed by atoms with Crippen LogP contribution in [0, 0.1) is 5.41 Å². The van der Waals surface area contributed by atoms with Gasteiger partial charge in [-0.15, -0.1) is 0 Å². The van der Waals surface area contributed by atoms with Crippen LogP contribution in [-0.4, -0.2) is 71.8 Å². The summed E-state index contributed by atoms with van der Waals surface area (Å²) < 4.78 is 16.4. The maximum atomic E-state index is 12.3. The van der Waals surface area contributed by atoms with E-state index in [1.165, 1.54) is 0 Å². The molecule has 1 N–H and O–H groups in total. The molecule has 2 aromatic heterocycles. The molecule has 2 aromatic carbocycles. The first-order valence-electron chi connectivity index (χ1n) is 14.3. The Morgan fingerprint density at radius 2 is 1.45 bits per heavy atom. The van der Waals surface area contributed by atoms with Gasteiger partial charge in [-0.05, 0) is 26.4 Å². The van der Waals surface area contributed by atoms with Crippen molar-refractivity contribution in [2.75, 3.05) is 41.0 Å². The number of carbonyl (C=O) groups is 1. The van der Waals surface area contributed by atoms with Crippen molar-refractivity contribution in [1.82, 2.24) is 30.2 Å². The molecule has 2 aliphatic rings. The fraction of sp³-hybridized carbons (Fsp3) is 0.344. The second-order valence-corrected chi connectivity index (χ2v) is 11.7. The summed E-state index contributed by atoms with van der Waals surface area (Å²) in [4.78, 5) is 33.2. The summed E-state index contributed by atoms with van der Waals surface area (Å²) in [7, 11) is 4.97. The summed E-state index contributed by atoms with van der Waals surface area (Å²) in [5, 5.41) is 4.02. The first kappa shape index (κ1) is 30.2. The van der Waals surface area contributed by atoms with Gasteiger partial charge in [0.25, 0.3) is 0 Å². The molecule has 12 heteroatoms. The summed E-state index contributed by atoms with van der Waals surface area (Å²) in [6.45, 7) is 2.97. The predicted octanol–water partition coefficient (Wildman–Crippen LogP) is 5.45. The topological polar surface area (TPSA) is 112 Å². The van der Waals surface area contributed by atoms with E-state index in [9.17, 15) is 4.79 Å². The molecule has 2 aliphatic heterocycles. The molecular formula is C32H32Cl2N6O4. The van der Waals surface area contributed by atoms with Crippen molar-refractivity contribution in [3.8, 4) is 45.4 Å². The van der Waals surface area contributed by atoms with E-state index in [0.717, 1.165) is 30.5 Å². The normalized spacial score (nSPS) is 18.2. The first-order valence-corrected chi connectivity index (χ1v) is 15.0. The van der Waals surface area contributed by atoms with Crippen molar-refractivity contribution in [2.24, 2.45) is 5.41 Å². The number of aromatic nitrogens is 4. The smallest absolute Gasteiger partial charge is 0.313 e. The summed E-state index contributed by atoms with van der Waals surface area (Å²) >= 11 is 14.0. The summed E-state index contributed by atoms with van der Waals surface area (Å²) in [5.74, 6) is 0.747. The van der Waals surface area contributed by atoms with Gasteiger partial charge in [0.15, 0.2) is 0 Å². The SMILES string of the molecule is CNCc1ncc(-c2cccc(-c3cccc(-c4cnc(CN5CCC6(CCOC6=O)C5)c(OC)n4)c3Cl)c2Cl)nc1OC. The molecule has 4 heterocycles. The van der Waals surface area contributed by atoms with Gasteiger partial charge in [-0.1, -0.05) is 59.6 Å². The average molecular weight is 636 g/mol. The molecule has 1 atom stereocenters. The van der Waals surface area contributed by atoms with E-state index in [1.807, 2.05) is 43.4 Å². The molecule has 228 valence electrons. The molecule has 1 unspecified atom stereocenters. The van der Waals surface area contributed by atoms with Crippen LogP contribution in [0.2, 0.25) is 10.0 Å². The van der Waals surface area contributed by atoms with Crippen LogP contribution in [0.25, 0.3) is 33.6 Å². The van der Waals surface area contributed by atoms with E-state index in [0.29, 0.717) is 81.9 Å². The number of methoxy groups -OCH3 is 2. The number of likely N-dealkylation sites (tertiary alicyclic amines) is 1. The Labute approximate surface area is 265 Å². The van der Waals surface area contributed by atoms with Crippen molar-refractivity contribution in [1.29, 1.82) is 0 Å². The van der Waals surface area contributed by atoms with E-state index in [1.54, 1.807) is 26.6 Å². The van der Waals surface area contributed by atoms with E-state index >= 15 is 0 Å². The van der Waals surface area contributed by atoms with Gasteiger partial charge in [0.1, 0.15) is 11.4 Å². The van der Waals surface area contributed by atoms with E-state index in [2.05, 4.69) is 20.2 Å². The predicted molar refractivity (Wildman–Crippen MR) is 168 cm³/mol. The fourth-order valence-electron chi connectivity index (χ4n) is 5.92. The van der Waals surface area contributed by atoms with E-state index in [-0.39, 0.29) is 5.97 Å². The lowest BCUT2D eigenvalue weighted by atomic mass is 9.86. The second-order valence-electron chi connectivity index (χ2n) is 10.9. The van der Waals surface area contributed by atoms with Crippen molar-refractivity contribution in [2.45, 2.75) is 25.9 Å². The number of cyclic esters (lactones) is 1. The minimum atomic E-state index is -0.401. The Kier molecular flexibility index (Phi) is 8.68. The number of rotatable bonds is 9. The van der Waals surface area contributed by atoms with Gasteiger partial charge in [-0.25, -0.2) is 9.97 Å². The van der Waals surface area contributed by atoms with Crippen LogP contribution >= 0.6 is 23.2 Å². The minimum Gasteiger partial charge on any atom is -0.480 e. The highest BCUT2D eigenvalue weighted by molar-refractivity contribution is 6.39. The zero-order valence-electron chi connectivity index (χ0n) is 24.7. The molecule has 0 aliphatic carbocycles. The van der Waals surface area contributed by atoms with Gasteiger partial charge in [0.05, 0.1) is 60.1 Å². The third-order valence-electron chi connectivity index (χ3n) is 8.25. The Balaban J connectivity index is 1.29. The van der Waals surface area contributed by atoms with Crippen LogP contribution in [0.15, 0.2) is 48.8 Å². The lowest BCUT2D eigenvalue weighted by Crippen LogP contribution is -2.31. The van der Waals surface area contributed by atoms with Crippen molar-refractivity contribution < 1.29 is 19.0 Å². The average Bonchev–Trinajstić information content (AvgIpc) is 3.62. The fourth-order valence-corrected chi connectivity index (χ4v) is 6.57. The molecule has 0 bridgehead atoms. The number of benzene rings is 2. The van der Waals surface area contributed by atoms with Crippen LogP contribution in [-0.2, 0) is 22.6 Å². The molecule has 0 radical (unpaired) electrons. The quantitative estimate of drug-likeness (QED) is 0.239. The highest BCUT2D eigenvalue weighted by Gasteiger charge is 2.49. The third kappa shape index (κ3) is 5.59. The lowest BCUT2D eigenvalue weighted by molar-refractivity contribution is -0.145. The van der Waals surface area contributed by atoms with E-state index in [4.69, 9.17) is 47.4 Å². The van der Waals surface area contributed by atoms with Crippen LogP contribution < -0.4 is 14.8 Å². The van der Waals surface area contributed by atoms with E-state index < -0.39 is 5.41 Å². The molecule has 4 aromatic rings. The summed E-state index contributed by atoms with van der Waals surface area (Å²) in [5.41, 5.74) is 5.01. The van der Waals surface area contributed by atoms with Crippen LogP contribution in [0.3, 0.4) is 0 Å². The minimum absolute atomic E-state index is 0.0938. The maximum absolute atomic E-state index is 12.3. The second kappa shape index (κ2) is 12.6. The largest absolute Gasteiger partial charge is 0.480 e. The Bertz CT molecular complexity index is 1720. The highest BCUT2D eigenvalue weighted by Crippen LogP contribution is 2.43.